The van der Waals surface area contributed by atoms with Gasteiger partial charge < -0.3 is 19.9 Å². The summed E-state index contributed by atoms with van der Waals surface area (Å²) in [6.45, 7) is 3.34. The summed E-state index contributed by atoms with van der Waals surface area (Å²) in [5.41, 5.74) is 7.16. The second-order valence-corrected chi connectivity index (χ2v) is 6.82. The first-order valence-electron chi connectivity index (χ1n) is 7.88. The lowest BCUT2D eigenvalue weighted by molar-refractivity contribution is -0.131. The van der Waals surface area contributed by atoms with Gasteiger partial charge >= 0.3 is 0 Å². The number of aromatic nitrogens is 1. The van der Waals surface area contributed by atoms with Crippen LogP contribution in [0, 0.1) is 6.92 Å². The number of para-hydroxylation sites is 1. The molecule has 2 heterocycles. The fraction of sp³-hybridized carbons (Fsp3) is 0.412. The normalized spacial score (nSPS) is 17.6. The molecule has 1 aromatic heterocycles. The Bertz CT molecular complexity index is 787. The fourth-order valence-electron chi connectivity index (χ4n) is 3.12. The van der Waals surface area contributed by atoms with Gasteiger partial charge in [0, 0.05) is 34.2 Å². The summed E-state index contributed by atoms with van der Waals surface area (Å²) in [7, 11) is 0. The number of hydrogen-bond donors (Lipinski definition) is 1. The number of nitrogens with two attached hydrogens (primary N) is 1. The van der Waals surface area contributed by atoms with Gasteiger partial charge in [0.05, 0.1) is 6.10 Å². The van der Waals surface area contributed by atoms with Crippen LogP contribution >= 0.6 is 15.9 Å². The second-order valence-electron chi connectivity index (χ2n) is 6.03. The number of fused-ring (bicyclic) bond motifs is 1. The van der Waals surface area contributed by atoms with E-state index in [1.807, 2.05) is 35.8 Å². The van der Waals surface area contributed by atoms with Gasteiger partial charge in [-0.1, -0.05) is 18.2 Å². The number of amides is 2. The summed E-state index contributed by atoms with van der Waals surface area (Å²) >= 11 is 3.61. The molecule has 0 saturated carbocycles. The van der Waals surface area contributed by atoms with E-state index in [4.69, 9.17) is 10.5 Å². The van der Waals surface area contributed by atoms with E-state index >= 15 is 0 Å². The van der Waals surface area contributed by atoms with Crippen LogP contribution in [-0.2, 0) is 20.9 Å². The number of primary amides is 1. The van der Waals surface area contributed by atoms with E-state index < -0.39 is 5.91 Å². The molecule has 1 atom stereocenters. The molecule has 1 aliphatic rings. The lowest BCUT2D eigenvalue weighted by Crippen LogP contribution is -2.33. The van der Waals surface area contributed by atoms with Gasteiger partial charge in [-0.25, -0.2) is 0 Å². The molecule has 1 fully saturated rings. The highest BCUT2D eigenvalue weighted by Gasteiger charge is 2.27. The van der Waals surface area contributed by atoms with Gasteiger partial charge in [0.25, 0.3) is 0 Å². The lowest BCUT2D eigenvalue weighted by Gasteiger charge is -2.18. The molecule has 128 valence electrons. The Morgan fingerprint density at radius 1 is 1.38 bits per heavy atom. The van der Waals surface area contributed by atoms with Crippen molar-refractivity contribution in [2.24, 2.45) is 5.73 Å². The molecule has 2 N–H and O–H groups in total. The molecule has 1 aliphatic heterocycles. The maximum absolute atomic E-state index is 12.6. The topological polar surface area (TPSA) is 77.6 Å². The first kappa shape index (κ1) is 17.0. The van der Waals surface area contributed by atoms with E-state index in [-0.39, 0.29) is 18.6 Å². The van der Waals surface area contributed by atoms with Gasteiger partial charge in [0.1, 0.15) is 13.2 Å². The van der Waals surface area contributed by atoms with Gasteiger partial charge in [-0.15, -0.1) is 0 Å². The van der Waals surface area contributed by atoms with E-state index in [9.17, 15) is 9.59 Å². The molecular weight excluding hydrogens is 374 g/mol. The summed E-state index contributed by atoms with van der Waals surface area (Å²) < 4.78 is 8.46. The van der Waals surface area contributed by atoms with Crippen molar-refractivity contribution in [2.45, 2.75) is 26.0 Å². The van der Waals surface area contributed by atoms with Gasteiger partial charge in [0.2, 0.25) is 11.8 Å². The van der Waals surface area contributed by atoms with Crippen molar-refractivity contribution in [1.82, 2.24) is 9.47 Å². The zero-order valence-corrected chi connectivity index (χ0v) is 15.1. The number of rotatable bonds is 5. The van der Waals surface area contributed by atoms with Gasteiger partial charge in [-0.3, -0.25) is 9.59 Å². The predicted octanol–water partition coefficient (Wildman–Crippen LogP) is 1.82. The van der Waals surface area contributed by atoms with Crippen LogP contribution in [0.3, 0.4) is 0 Å². The number of hydrogen-bond acceptors (Lipinski definition) is 3. The Kier molecular flexibility index (Phi) is 4.91. The minimum Gasteiger partial charge on any atom is -0.368 e. The second kappa shape index (κ2) is 6.94. The lowest BCUT2D eigenvalue weighted by atomic mass is 10.2. The monoisotopic (exact) mass is 393 g/mol. The van der Waals surface area contributed by atoms with Crippen molar-refractivity contribution in [3.05, 3.63) is 34.4 Å². The minimum absolute atomic E-state index is 0.0523. The van der Waals surface area contributed by atoms with Crippen LogP contribution in [0.25, 0.3) is 10.9 Å². The van der Waals surface area contributed by atoms with Crippen molar-refractivity contribution in [2.75, 3.05) is 19.7 Å². The average Bonchev–Trinajstić information content (AvgIpc) is 3.13. The average molecular weight is 394 g/mol. The zero-order chi connectivity index (χ0) is 17.3. The first-order valence-corrected chi connectivity index (χ1v) is 8.67. The highest BCUT2D eigenvalue weighted by molar-refractivity contribution is 9.10. The summed E-state index contributed by atoms with van der Waals surface area (Å²) in [4.78, 5) is 25.2. The Hall–Kier alpha value is -1.86. The summed E-state index contributed by atoms with van der Waals surface area (Å²) in [6.07, 6.45) is 0.615. The van der Waals surface area contributed by atoms with Crippen LogP contribution in [0.15, 0.2) is 28.7 Å². The Labute approximate surface area is 148 Å². The highest BCUT2D eigenvalue weighted by atomic mass is 79.9. The molecule has 2 amide bonds. The quantitative estimate of drug-likeness (QED) is 0.841. The van der Waals surface area contributed by atoms with Crippen molar-refractivity contribution in [3.8, 4) is 0 Å². The standard InChI is InChI=1S/C17H20BrN3O3/c1-11-17(18)13-4-2-3-5-14(13)21(11)9-16(23)20-7-6-12(8-20)24-10-15(19)22/h2-5,12H,6-10H2,1H3,(H2,19,22)/t12-/m0/s1. The van der Waals surface area contributed by atoms with Crippen LogP contribution in [0.4, 0.5) is 0 Å². The van der Waals surface area contributed by atoms with Gasteiger partial charge in [-0.05, 0) is 35.3 Å². The van der Waals surface area contributed by atoms with Gasteiger partial charge in [-0.2, -0.15) is 0 Å². The van der Waals surface area contributed by atoms with Crippen molar-refractivity contribution in [3.63, 3.8) is 0 Å². The minimum atomic E-state index is -0.487. The zero-order valence-electron chi connectivity index (χ0n) is 13.5. The molecule has 0 bridgehead atoms. The maximum atomic E-state index is 12.6. The number of nitrogens with zero attached hydrogens (tertiary/aromatic N) is 2. The predicted molar refractivity (Wildman–Crippen MR) is 94.5 cm³/mol. The smallest absolute Gasteiger partial charge is 0.243 e. The van der Waals surface area contributed by atoms with Crippen LogP contribution in [0.1, 0.15) is 12.1 Å². The molecule has 0 radical (unpaired) electrons. The van der Waals surface area contributed by atoms with Crippen LogP contribution < -0.4 is 5.73 Å². The van der Waals surface area contributed by atoms with Crippen LogP contribution in [-0.4, -0.2) is 47.1 Å². The Morgan fingerprint density at radius 2 is 2.12 bits per heavy atom. The Balaban J connectivity index is 1.70. The number of carbonyl (C=O) groups excluding carboxylic acids is 2. The maximum Gasteiger partial charge on any atom is 0.243 e. The summed E-state index contributed by atoms with van der Waals surface area (Å²) in [5, 5.41) is 1.10. The third-order valence-corrected chi connectivity index (χ3v) is 5.41. The number of benzene rings is 1. The van der Waals surface area contributed by atoms with Crippen molar-refractivity contribution >= 4 is 38.6 Å². The highest BCUT2D eigenvalue weighted by Crippen LogP contribution is 2.30. The molecule has 0 spiro atoms. The molecular formula is C17H20BrN3O3. The number of likely N-dealkylation sites (tertiary alicyclic amines) is 1. The molecule has 1 saturated heterocycles. The number of halogens is 1. The van der Waals surface area contributed by atoms with E-state index in [0.29, 0.717) is 19.6 Å². The van der Waals surface area contributed by atoms with Gasteiger partial charge in [0.15, 0.2) is 0 Å². The van der Waals surface area contributed by atoms with Crippen molar-refractivity contribution in [1.29, 1.82) is 0 Å². The molecule has 24 heavy (non-hydrogen) atoms. The van der Waals surface area contributed by atoms with E-state index in [1.165, 1.54) is 0 Å². The molecule has 0 unspecified atom stereocenters. The molecule has 6 nitrogen and oxygen atoms in total. The fourth-order valence-corrected chi connectivity index (χ4v) is 3.67. The number of ether oxygens (including phenoxy) is 1. The van der Waals surface area contributed by atoms with E-state index in [2.05, 4.69) is 15.9 Å². The van der Waals surface area contributed by atoms with Crippen LogP contribution in [0.5, 0.6) is 0 Å². The van der Waals surface area contributed by atoms with Crippen LogP contribution in [0.2, 0.25) is 0 Å². The molecule has 1 aromatic carbocycles. The third-order valence-electron chi connectivity index (χ3n) is 4.41. The SMILES string of the molecule is Cc1c(Br)c2ccccc2n1CC(=O)N1CC[C@H](OCC(N)=O)C1. The third kappa shape index (κ3) is 3.32. The molecule has 2 aromatic rings. The summed E-state index contributed by atoms with van der Waals surface area (Å²) in [5.74, 6) is -0.435. The molecule has 0 aliphatic carbocycles. The number of carbonyl (C=O) groups is 2. The summed E-state index contributed by atoms with van der Waals surface area (Å²) in [6, 6.07) is 8.01. The molecule has 3 rings (SSSR count). The Morgan fingerprint density at radius 3 is 2.88 bits per heavy atom. The van der Waals surface area contributed by atoms with E-state index in [0.717, 1.165) is 27.5 Å². The first-order chi connectivity index (χ1) is 11.5. The molecule has 7 heteroatoms. The van der Waals surface area contributed by atoms with Crippen molar-refractivity contribution < 1.29 is 14.3 Å². The van der Waals surface area contributed by atoms with E-state index in [1.54, 1.807) is 4.90 Å². The largest absolute Gasteiger partial charge is 0.368 e.